The fraction of sp³-hybridized carbons (Fsp3) is 0.600. The summed E-state index contributed by atoms with van der Waals surface area (Å²) in [6.07, 6.45) is 8.27. The molecule has 6 fully saturated rings. The van der Waals surface area contributed by atoms with Crippen LogP contribution in [0.25, 0.3) is 0 Å². The van der Waals surface area contributed by atoms with E-state index in [0.29, 0.717) is 35.9 Å². The number of ether oxygens (including phenoxy) is 3. The van der Waals surface area contributed by atoms with Gasteiger partial charge in [-0.25, -0.2) is 0 Å². The molecule has 3 aliphatic carbocycles. The minimum Gasteiger partial charge on any atom is -0.371 e. The minimum atomic E-state index is 0.254. The monoisotopic (exact) mass is 551 g/mol. The lowest BCUT2D eigenvalue weighted by Crippen LogP contribution is -2.81. The summed E-state index contributed by atoms with van der Waals surface area (Å²) in [5.41, 5.74) is 0. The van der Waals surface area contributed by atoms with Crippen molar-refractivity contribution in [1.29, 1.82) is 0 Å². The lowest BCUT2D eigenvalue weighted by molar-refractivity contribution is -0.336. The summed E-state index contributed by atoms with van der Waals surface area (Å²) >= 11 is 5.73. The summed E-state index contributed by atoms with van der Waals surface area (Å²) in [6.45, 7) is 0. The van der Waals surface area contributed by atoms with Crippen molar-refractivity contribution in [2.24, 2.45) is 0 Å². The molecule has 7 heteroatoms. The molecule has 0 N–H and O–H groups in total. The molecule has 6 heterocycles. The van der Waals surface area contributed by atoms with Crippen LogP contribution in [-0.4, -0.2) is 59.6 Å². The maximum absolute atomic E-state index is 7.15. The van der Waals surface area contributed by atoms with Crippen LogP contribution in [0.15, 0.2) is 52.5 Å². The summed E-state index contributed by atoms with van der Waals surface area (Å²) in [7, 11) is 0. The first kappa shape index (κ1) is 22.7. The Hall–Kier alpha value is -1.06. The molecule has 6 atom stereocenters. The molecule has 3 aromatic rings. The van der Waals surface area contributed by atoms with E-state index >= 15 is 0 Å². The number of thiophene rings is 3. The summed E-state index contributed by atoms with van der Waals surface area (Å²) in [5.74, 6) is 1.63. The van der Waals surface area contributed by atoms with Gasteiger partial charge in [0.25, 0.3) is 0 Å². The minimum absolute atomic E-state index is 0.254. The van der Waals surface area contributed by atoms with Crippen molar-refractivity contribution in [3.8, 4) is 0 Å². The lowest BCUT2D eigenvalue weighted by atomic mass is 9.68. The Kier molecular flexibility index (Phi) is 5.36. The highest BCUT2D eigenvalue weighted by molar-refractivity contribution is 7.10. The van der Waals surface area contributed by atoms with Gasteiger partial charge in [-0.3, -0.25) is 4.90 Å². The molecule has 0 aromatic carbocycles. The molecule has 9 rings (SSSR count). The van der Waals surface area contributed by atoms with Gasteiger partial charge in [0.05, 0.1) is 54.7 Å². The molecule has 3 saturated carbocycles. The Bertz CT molecular complexity index is 1040. The van der Waals surface area contributed by atoms with E-state index in [9.17, 15) is 0 Å². The van der Waals surface area contributed by atoms with Crippen molar-refractivity contribution < 1.29 is 14.2 Å². The molecule has 0 radical (unpaired) electrons. The van der Waals surface area contributed by atoms with Crippen molar-refractivity contribution in [2.75, 3.05) is 0 Å². The molecule has 6 unspecified atom stereocenters. The highest BCUT2D eigenvalue weighted by Crippen LogP contribution is 2.56. The largest absolute Gasteiger partial charge is 0.371 e. The average Bonchev–Trinajstić information content (AvgIpc) is 3.71. The Morgan fingerprint density at radius 1 is 0.486 bits per heavy atom. The van der Waals surface area contributed by atoms with E-state index in [0.717, 1.165) is 38.5 Å². The van der Waals surface area contributed by atoms with Crippen molar-refractivity contribution in [3.05, 3.63) is 67.2 Å². The van der Waals surface area contributed by atoms with Crippen LogP contribution in [0.2, 0.25) is 0 Å². The maximum atomic E-state index is 7.15. The third kappa shape index (κ3) is 3.51. The zero-order valence-corrected chi connectivity index (χ0v) is 23.2. The first-order valence-corrected chi connectivity index (χ1v) is 16.8. The molecular weight excluding hydrogens is 519 g/mol. The standard InChI is InChI=1S/C30H33NO3S3/c1-4-25(35-7-1)16-10-19-28-20(11-16)33-22-13-18(27-6-3-9-37-27)15-24-30(22)31(28)29-21(32-19)12-17(14-23(29)34-24)26-5-2-8-36-26/h1-9,16-24,28-30H,10-15H2. The van der Waals surface area contributed by atoms with E-state index in [1.807, 2.05) is 34.0 Å². The summed E-state index contributed by atoms with van der Waals surface area (Å²) < 4.78 is 21.5. The van der Waals surface area contributed by atoms with Crippen LogP contribution in [-0.2, 0) is 14.2 Å². The second kappa shape index (κ2) is 8.72. The van der Waals surface area contributed by atoms with E-state index in [2.05, 4.69) is 57.4 Å². The molecule has 0 spiro atoms. The molecule has 6 aliphatic rings. The van der Waals surface area contributed by atoms with Crippen molar-refractivity contribution in [1.82, 2.24) is 4.90 Å². The van der Waals surface area contributed by atoms with Crippen molar-refractivity contribution in [3.63, 3.8) is 0 Å². The van der Waals surface area contributed by atoms with Gasteiger partial charge in [0.15, 0.2) is 0 Å². The molecular formula is C30H33NO3S3. The molecule has 4 nitrogen and oxygen atoms in total. The molecule has 3 saturated heterocycles. The van der Waals surface area contributed by atoms with Gasteiger partial charge in [-0.2, -0.15) is 0 Å². The third-order valence-electron chi connectivity index (χ3n) is 10.3. The zero-order chi connectivity index (χ0) is 24.1. The van der Waals surface area contributed by atoms with E-state index in [1.54, 1.807) is 0 Å². The highest BCUT2D eigenvalue weighted by Gasteiger charge is 2.65. The Morgan fingerprint density at radius 3 is 1.03 bits per heavy atom. The normalized spacial score (nSPS) is 46.4. The maximum Gasteiger partial charge on any atom is 0.0766 e. The molecule has 3 aliphatic heterocycles. The number of hydrogen-bond acceptors (Lipinski definition) is 7. The van der Waals surface area contributed by atoms with Crippen molar-refractivity contribution >= 4 is 34.0 Å². The van der Waals surface area contributed by atoms with Crippen LogP contribution in [0.5, 0.6) is 0 Å². The van der Waals surface area contributed by atoms with Gasteiger partial charge >= 0.3 is 0 Å². The van der Waals surface area contributed by atoms with Crippen LogP contribution in [0.1, 0.15) is 70.9 Å². The summed E-state index contributed by atoms with van der Waals surface area (Å²) in [6, 6.07) is 14.7. The molecule has 194 valence electrons. The molecule has 3 aromatic heterocycles. The molecule has 37 heavy (non-hydrogen) atoms. The fourth-order valence-corrected chi connectivity index (χ4v) is 11.6. The first-order chi connectivity index (χ1) is 18.3. The number of nitrogens with zero attached hydrogens (tertiary/aromatic N) is 1. The van der Waals surface area contributed by atoms with Crippen LogP contribution in [0.4, 0.5) is 0 Å². The quantitative estimate of drug-likeness (QED) is 0.366. The first-order valence-electron chi connectivity index (χ1n) is 14.1. The summed E-state index contributed by atoms with van der Waals surface area (Å²) in [4.78, 5) is 7.49. The van der Waals surface area contributed by atoms with Gasteiger partial charge in [0.2, 0.25) is 0 Å². The number of morpholine rings is 3. The topological polar surface area (TPSA) is 30.9 Å². The predicted octanol–water partition coefficient (Wildman–Crippen LogP) is 6.61. The van der Waals surface area contributed by atoms with Gasteiger partial charge in [-0.1, -0.05) is 18.2 Å². The van der Waals surface area contributed by atoms with E-state index < -0.39 is 0 Å². The van der Waals surface area contributed by atoms with Crippen LogP contribution in [0, 0.1) is 0 Å². The van der Waals surface area contributed by atoms with E-state index in [1.165, 1.54) is 14.6 Å². The van der Waals surface area contributed by atoms with E-state index in [-0.39, 0.29) is 36.6 Å². The number of hydrogen-bond donors (Lipinski definition) is 0. The van der Waals surface area contributed by atoms with E-state index in [4.69, 9.17) is 14.2 Å². The SMILES string of the molecule is c1csc(C2CC3OC4CC(c5cccs5)CC5OC6CC(c7cccs7)CC7OC(C2)C3N(C45)C76)c1. The Labute approximate surface area is 230 Å². The van der Waals surface area contributed by atoms with Crippen LogP contribution < -0.4 is 0 Å². The molecule has 0 amide bonds. The number of rotatable bonds is 3. The van der Waals surface area contributed by atoms with Crippen molar-refractivity contribution in [2.45, 2.75) is 111 Å². The Morgan fingerprint density at radius 2 is 0.784 bits per heavy atom. The highest BCUT2D eigenvalue weighted by atomic mass is 32.1. The van der Waals surface area contributed by atoms with Crippen LogP contribution in [0.3, 0.4) is 0 Å². The summed E-state index contributed by atoms with van der Waals surface area (Å²) in [5, 5.41) is 6.69. The fourth-order valence-electron chi connectivity index (χ4n) is 9.03. The smallest absolute Gasteiger partial charge is 0.0766 e. The predicted molar refractivity (Wildman–Crippen MR) is 148 cm³/mol. The van der Waals surface area contributed by atoms with Crippen LogP contribution >= 0.6 is 34.0 Å². The second-order valence-corrected chi connectivity index (χ2v) is 15.0. The average molecular weight is 552 g/mol. The third-order valence-corrected chi connectivity index (χ3v) is 13.4. The zero-order valence-electron chi connectivity index (χ0n) is 20.8. The van der Waals surface area contributed by atoms with Gasteiger partial charge in [-0.05, 0) is 90.6 Å². The lowest BCUT2D eigenvalue weighted by Gasteiger charge is -2.68. The van der Waals surface area contributed by atoms with Gasteiger partial charge in [-0.15, -0.1) is 34.0 Å². The van der Waals surface area contributed by atoms with Gasteiger partial charge in [0.1, 0.15) is 0 Å². The Balaban J connectivity index is 1.11. The van der Waals surface area contributed by atoms with Gasteiger partial charge < -0.3 is 14.2 Å². The second-order valence-electron chi connectivity index (χ2n) is 12.1. The van der Waals surface area contributed by atoms with Gasteiger partial charge in [0, 0.05) is 14.6 Å². The molecule has 0 bridgehead atoms.